The minimum absolute atomic E-state index is 0.0688. The van der Waals surface area contributed by atoms with Gasteiger partial charge in [-0.25, -0.2) is 0 Å². The van der Waals surface area contributed by atoms with E-state index in [1.807, 2.05) is 72.8 Å². The quantitative estimate of drug-likeness (QED) is 0.193. The largest absolute Gasteiger partial charge is 0.497 e. The lowest BCUT2D eigenvalue weighted by molar-refractivity contribution is -0.134. The Bertz CT molecular complexity index is 1740. The molecule has 8 heteroatoms. The molecule has 210 valence electrons. The van der Waals surface area contributed by atoms with Gasteiger partial charge in [0.2, 0.25) is 0 Å². The van der Waals surface area contributed by atoms with Crippen LogP contribution in [-0.2, 0) is 22.4 Å². The van der Waals surface area contributed by atoms with Gasteiger partial charge in [0.15, 0.2) is 11.5 Å². The Morgan fingerprint density at radius 2 is 0.929 bits per heavy atom. The van der Waals surface area contributed by atoms with Crippen molar-refractivity contribution in [1.82, 2.24) is 9.97 Å². The van der Waals surface area contributed by atoms with Gasteiger partial charge in [0.1, 0.15) is 22.9 Å². The van der Waals surface area contributed by atoms with Crippen LogP contribution in [-0.4, -0.2) is 36.1 Å². The van der Waals surface area contributed by atoms with E-state index in [0.717, 1.165) is 32.9 Å². The number of fused-ring (bicyclic) bond motifs is 2. The maximum absolute atomic E-state index is 13.2. The number of H-pyrrole nitrogens is 2. The number of hydrogen-bond acceptors (Lipinski definition) is 6. The van der Waals surface area contributed by atoms with E-state index in [1.54, 1.807) is 38.5 Å². The minimum atomic E-state index is -0.430. The molecule has 0 amide bonds. The summed E-state index contributed by atoms with van der Waals surface area (Å²) in [5, 5.41) is 1.45. The van der Waals surface area contributed by atoms with Gasteiger partial charge in [0.05, 0.1) is 27.1 Å². The van der Waals surface area contributed by atoms with Crippen LogP contribution in [0.25, 0.3) is 33.2 Å². The normalized spacial score (nSPS) is 11.0. The average molecular weight is 561 g/mol. The second-order valence-corrected chi connectivity index (χ2v) is 9.75. The first kappa shape index (κ1) is 26.7. The lowest BCUT2D eigenvalue weighted by Gasteiger charge is -2.09. The molecule has 0 saturated carbocycles. The zero-order valence-electron chi connectivity index (χ0n) is 23.1. The first-order valence-corrected chi connectivity index (χ1v) is 13.4. The number of para-hydroxylation sites is 2. The van der Waals surface area contributed by atoms with Crippen molar-refractivity contribution >= 4 is 33.7 Å². The Kier molecular flexibility index (Phi) is 7.34. The number of carbonyl (C=O) groups is 2. The van der Waals surface area contributed by atoms with E-state index in [0.29, 0.717) is 34.4 Å². The molecule has 4 aromatic carbocycles. The van der Waals surface area contributed by atoms with Crippen LogP contribution in [0.15, 0.2) is 97.1 Å². The number of methoxy groups -OCH3 is 2. The lowest BCUT2D eigenvalue weighted by atomic mass is 10.1. The highest BCUT2D eigenvalue weighted by Gasteiger charge is 2.25. The SMILES string of the molecule is COc1ccc(CC(=O)Oc2c(-c3[nH]c4ccccc4c3OC(=O)Cc3ccc(OC)cc3)[nH]c3ccccc23)cc1. The molecule has 0 spiro atoms. The third kappa shape index (κ3) is 5.42. The Labute approximate surface area is 241 Å². The van der Waals surface area contributed by atoms with Crippen molar-refractivity contribution in [2.75, 3.05) is 14.2 Å². The molecule has 0 unspecified atom stereocenters. The van der Waals surface area contributed by atoms with E-state index in [4.69, 9.17) is 18.9 Å². The summed E-state index contributed by atoms with van der Waals surface area (Å²) in [6.07, 6.45) is 0.138. The average Bonchev–Trinajstić information content (AvgIpc) is 3.56. The van der Waals surface area contributed by atoms with Crippen molar-refractivity contribution in [3.05, 3.63) is 108 Å². The fourth-order valence-corrected chi connectivity index (χ4v) is 4.92. The van der Waals surface area contributed by atoms with Gasteiger partial charge in [-0.15, -0.1) is 0 Å². The lowest BCUT2D eigenvalue weighted by Crippen LogP contribution is -2.13. The van der Waals surface area contributed by atoms with Crippen molar-refractivity contribution < 1.29 is 28.5 Å². The topological polar surface area (TPSA) is 103 Å². The summed E-state index contributed by atoms with van der Waals surface area (Å²) >= 11 is 0. The van der Waals surface area contributed by atoms with Gasteiger partial charge in [0, 0.05) is 21.8 Å². The highest BCUT2D eigenvalue weighted by molar-refractivity contribution is 6.02. The van der Waals surface area contributed by atoms with Gasteiger partial charge < -0.3 is 28.9 Å². The van der Waals surface area contributed by atoms with Crippen LogP contribution in [0.4, 0.5) is 0 Å². The van der Waals surface area contributed by atoms with Crippen LogP contribution in [0.2, 0.25) is 0 Å². The number of ether oxygens (including phenoxy) is 4. The number of carbonyl (C=O) groups excluding carboxylic acids is 2. The van der Waals surface area contributed by atoms with Crippen molar-refractivity contribution in [2.45, 2.75) is 12.8 Å². The third-order valence-electron chi connectivity index (χ3n) is 7.01. The molecule has 6 rings (SSSR count). The maximum Gasteiger partial charge on any atom is 0.315 e. The summed E-state index contributed by atoms with van der Waals surface area (Å²) < 4.78 is 22.5. The van der Waals surface area contributed by atoms with E-state index in [9.17, 15) is 9.59 Å². The van der Waals surface area contributed by atoms with E-state index in [2.05, 4.69) is 9.97 Å². The number of benzene rings is 4. The van der Waals surface area contributed by atoms with Crippen LogP contribution in [0, 0.1) is 0 Å². The molecule has 0 fully saturated rings. The molecular weight excluding hydrogens is 532 g/mol. The molecule has 0 aliphatic heterocycles. The number of rotatable bonds is 9. The van der Waals surface area contributed by atoms with E-state index in [1.165, 1.54) is 0 Å². The van der Waals surface area contributed by atoms with Gasteiger partial charge in [-0.2, -0.15) is 0 Å². The monoisotopic (exact) mass is 560 g/mol. The highest BCUT2D eigenvalue weighted by atomic mass is 16.5. The fraction of sp³-hybridized carbons (Fsp3) is 0.118. The molecule has 6 aromatic rings. The maximum atomic E-state index is 13.2. The first-order valence-electron chi connectivity index (χ1n) is 13.4. The fourth-order valence-electron chi connectivity index (χ4n) is 4.92. The van der Waals surface area contributed by atoms with Gasteiger partial charge in [-0.3, -0.25) is 9.59 Å². The Morgan fingerprint density at radius 1 is 0.548 bits per heavy atom. The number of aromatic amines is 2. The summed E-state index contributed by atoms with van der Waals surface area (Å²) in [5.41, 5.74) is 4.13. The number of hydrogen-bond donors (Lipinski definition) is 2. The van der Waals surface area contributed by atoms with Gasteiger partial charge in [0.25, 0.3) is 0 Å². The van der Waals surface area contributed by atoms with Crippen LogP contribution < -0.4 is 18.9 Å². The predicted molar refractivity (Wildman–Crippen MR) is 160 cm³/mol. The van der Waals surface area contributed by atoms with Crippen molar-refractivity contribution in [3.63, 3.8) is 0 Å². The van der Waals surface area contributed by atoms with Gasteiger partial charge in [-0.05, 0) is 59.7 Å². The summed E-state index contributed by atoms with van der Waals surface area (Å²) in [6, 6.07) is 29.6. The molecule has 2 aromatic heterocycles. The standard InChI is InChI=1S/C34H28N2O6/c1-39-23-15-11-21(12-16-23)19-29(37)41-33-25-7-3-5-9-27(25)35-31(33)32-34(26-8-4-6-10-28(26)36-32)42-30(38)20-22-13-17-24(40-2)18-14-22/h3-18,35-36H,19-20H2,1-2H3. The summed E-state index contributed by atoms with van der Waals surface area (Å²) in [7, 11) is 3.19. The summed E-state index contributed by atoms with van der Waals surface area (Å²) in [6.45, 7) is 0. The number of aromatic nitrogens is 2. The molecule has 0 atom stereocenters. The van der Waals surface area contributed by atoms with E-state index in [-0.39, 0.29) is 12.8 Å². The van der Waals surface area contributed by atoms with Crippen LogP contribution in [0.1, 0.15) is 11.1 Å². The number of esters is 2. The molecule has 42 heavy (non-hydrogen) atoms. The molecular formula is C34H28N2O6. The van der Waals surface area contributed by atoms with Crippen LogP contribution in [0.5, 0.6) is 23.0 Å². The molecule has 2 N–H and O–H groups in total. The molecule has 2 heterocycles. The van der Waals surface area contributed by atoms with Gasteiger partial charge >= 0.3 is 11.9 Å². The molecule has 0 radical (unpaired) electrons. The molecule has 0 aliphatic carbocycles. The molecule has 0 saturated heterocycles. The Hall–Kier alpha value is -5.50. The smallest absolute Gasteiger partial charge is 0.315 e. The molecule has 0 bridgehead atoms. The first-order chi connectivity index (χ1) is 20.5. The highest BCUT2D eigenvalue weighted by Crippen LogP contribution is 2.44. The molecule has 0 aliphatic rings. The second-order valence-electron chi connectivity index (χ2n) is 9.75. The predicted octanol–water partition coefficient (Wildman–Crippen LogP) is 6.63. The third-order valence-corrected chi connectivity index (χ3v) is 7.01. The Balaban J connectivity index is 1.36. The van der Waals surface area contributed by atoms with E-state index >= 15 is 0 Å². The zero-order valence-corrected chi connectivity index (χ0v) is 23.1. The second kappa shape index (κ2) is 11.5. The van der Waals surface area contributed by atoms with Crippen LogP contribution >= 0.6 is 0 Å². The summed E-state index contributed by atoms with van der Waals surface area (Å²) in [5.74, 6) is 1.25. The number of nitrogens with one attached hydrogen (secondary N) is 2. The van der Waals surface area contributed by atoms with Crippen LogP contribution in [0.3, 0.4) is 0 Å². The van der Waals surface area contributed by atoms with Gasteiger partial charge in [-0.1, -0.05) is 48.5 Å². The zero-order chi connectivity index (χ0) is 29.1. The minimum Gasteiger partial charge on any atom is -0.497 e. The molecule has 8 nitrogen and oxygen atoms in total. The van der Waals surface area contributed by atoms with Crippen molar-refractivity contribution in [1.29, 1.82) is 0 Å². The van der Waals surface area contributed by atoms with E-state index < -0.39 is 11.9 Å². The van der Waals surface area contributed by atoms with Crippen molar-refractivity contribution in [2.24, 2.45) is 0 Å². The Morgan fingerprint density at radius 3 is 1.31 bits per heavy atom. The summed E-state index contributed by atoms with van der Waals surface area (Å²) in [4.78, 5) is 33.1. The van der Waals surface area contributed by atoms with Crippen molar-refractivity contribution in [3.8, 4) is 34.4 Å².